The van der Waals surface area contributed by atoms with Crippen molar-refractivity contribution in [3.8, 4) is 0 Å². The van der Waals surface area contributed by atoms with Gasteiger partial charge in [-0.15, -0.1) is 0 Å². The lowest BCUT2D eigenvalue weighted by atomic mass is 9.98. The van der Waals surface area contributed by atoms with Crippen LogP contribution in [0, 0.1) is 5.92 Å². The second-order valence-electron chi connectivity index (χ2n) is 4.37. The molecule has 2 rings (SSSR count). The molecule has 0 unspecified atom stereocenters. The number of nitrogens with one attached hydrogen (secondary N) is 2. The van der Waals surface area contributed by atoms with E-state index in [0.717, 1.165) is 5.56 Å². The van der Waals surface area contributed by atoms with Crippen LogP contribution in [0.4, 0.5) is 11.6 Å². The predicted molar refractivity (Wildman–Crippen MR) is 65.2 cm³/mol. The third-order valence-electron chi connectivity index (χ3n) is 2.88. The highest BCUT2D eigenvalue weighted by molar-refractivity contribution is 5.98. The van der Waals surface area contributed by atoms with Gasteiger partial charge in [0.1, 0.15) is 12.4 Å². The Balaban J connectivity index is 2.26. The maximum Gasteiger partial charge on any atom is 0.251 e. The van der Waals surface area contributed by atoms with Crippen LogP contribution >= 0.6 is 0 Å². The maximum absolute atomic E-state index is 11.6. The zero-order chi connectivity index (χ0) is 13.3. The van der Waals surface area contributed by atoms with E-state index in [2.05, 4.69) is 15.7 Å². The number of hydrogen-bond acceptors (Lipinski definition) is 4. The van der Waals surface area contributed by atoms with E-state index in [4.69, 9.17) is 4.74 Å². The highest BCUT2D eigenvalue weighted by Crippen LogP contribution is 2.30. The van der Waals surface area contributed by atoms with Crippen molar-refractivity contribution in [2.75, 3.05) is 24.4 Å². The van der Waals surface area contributed by atoms with Crippen LogP contribution in [-0.2, 0) is 27.8 Å². The van der Waals surface area contributed by atoms with Gasteiger partial charge in [0.25, 0.3) is 5.91 Å². The second-order valence-corrected chi connectivity index (χ2v) is 4.37. The first-order valence-electron chi connectivity index (χ1n) is 5.68. The molecule has 2 heterocycles. The van der Waals surface area contributed by atoms with Crippen LogP contribution < -0.4 is 10.6 Å². The van der Waals surface area contributed by atoms with Gasteiger partial charge in [-0.05, 0) is 6.42 Å². The van der Waals surface area contributed by atoms with Crippen molar-refractivity contribution < 1.29 is 14.3 Å². The molecule has 0 saturated carbocycles. The Kier molecular flexibility index (Phi) is 3.33. The topological polar surface area (TPSA) is 85.2 Å². The molecule has 2 N–H and O–H groups in total. The summed E-state index contributed by atoms with van der Waals surface area (Å²) in [5, 5.41) is 9.66. The van der Waals surface area contributed by atoms with Crippen molar-refractivity contribution in [3.05, 3.63) is 5.56 Å². The van der Waals surface area contributed by atoms with Crippen molar-refractivity contribution in [1.29, 1.82) is 0 Å². The van der Waals surface area contributed by atoms with Crippen molar-refractivity contribution >= 4 is 23.5 Å². The number of fused-ring (bicyclic) bond motifs is 1. The number of nitrogens with zero attached hydrogens (tertiary/aromatic N) is 2. The minimum Gasteiger partial charge on any atom is -0.375 e. The largest absolute Gasteiger partial charge is 0.375 e. The molecule has 0 spiro atoms. The van der Waals surface area contributed by atoms with Gasteiger partial charge in [0.05, 0.1) is 0 Å². The van der Waals surface area contributed by atoms with Crippen LogP contribution in [0.25, 0.3) is 0 Å². The van der Waals surface area contributed by atoms with E-state index in [9.17, 15) is 9.59 Å². The molecular formula is C11H16N4O3. The molecule has 98 valence electrons. The number of ether oxygens (including phenoxy) is 1. The summed E-state index contributed by atoms with van der Waals surface area (Å²) in [7, 11) is 3.18. The lowest BCUT2D eigenvalue weighted by Gasteiger charge is -2.19. The van der Waals surface area contributed by atoms with Crippen molar-refractivity contribution in [3.63, 3.8) is 0 Å². The molecule has 1 aliphatic heterocycles. The average molecular weight is 252 g/mol. The van der Waals surface area contributed by atoms with Gasteiger partial charge in [-0.1, -0.05) is 6.92 Å². The molecule has 1 aromatic rings. The predicted octanol–water partition coefficient (Wildman–Crippen LogP) is 0.136. The molecule has 7 heteroatoms. The summed E-state index contributed by atoms with van der Waals surface area (Å²) in [5.74, 6) is 0.718. The molecule has 0 saturated heterocycles. The molecule has 2 amide bonds. The summed E-state index contributed by atoms with van der Waals surface area (Å²) in [6.45, 7) is 1.82. The van der Waals surface area contributed by atoms with Gasteiger partial charge >= 0.3 is 0 Å². The Morgan fingerprint density at radius 3 is 3.06 bits per heavy atom. The van der Waals surface area contributed by atoms with E-state index in [-0.39, 0.29) is 24.3 Å². The molecule has 0 bridgehead atoms. The minimum absolute atomic E-state index is 0.0206. The van der Waals surface area contributed by atoms with Gasteiger partial charge in [0.2, 0.25) is 5.91 Å². The molecule has 0 aliphatic carbocycles. The number of carbonyl (C=O) groups excluding carboxylic acids is 2. The smallest absolute Gasteiger partial charge is 0.251 e. The Morgan fingerprint density at radius 1 is 1.67 bits per heavy atom. The third-order valence-corrected chi connectivity index (χ3v) is 2.88. The van der Waals surface area contributed by atoms with Gasteiger partial charge in [0.15, 0.2) is 5.82 Å². The van der Waals surface area contributed by atoms with Crippen LogP contribution in [0.1, 0.15) is 12.5 Å². The Hall–Kier alpha value is -1.89. The van der Waals surface area contributed by atoms with E-state index in [1.807, 2.05) is 6.92 Å². The molecule has 0 radical (unpaired) electrons. The normalized spacial score (nSPS) is 18.2. The highest BCUT2D eigenvalue weighted by Gasteiger charge is 2.28. The van der Waals surface area contributed by atoms with Crippen LogP contribution in [0.5, 0.6) is 0 Å². The SMILES string of the molecule is COCC(=O)Nc1nn(C)c2c1C[C@@H](C)C(=O)N2. The van der Waals surface area contributed by atoms with Gasteiger partial charge in [-0.3, -0.25) is 14.3 Å². The lowest BCUT2D eigenvalue weighted by Crippen LogP contribution is -2.29. The van der Waals surface area contributed by atoms with Gasteiger partial charge in [0, 0.05) is 25.6 Å². The number of aromatic nitrogens is 2. The van der Waals surface area contributed by atoms with E-state index in [1.54, 1.807) is 11.7 Å². The van der Waals surface area contributed by atoms with Crippen molar-refractivity contribution in [2.24, 2.45) is 13.0 Å². The molecule has 18 heavy (non-hydrogen) atoms. The van der Waals surface area contributed by atoms with Gasteiger partial charge < -0.3 is 15.4 Å². The fourth-order valence-corrected chi connectivity index (χ4v) is 1.96. The maximum atomic E-state index is 11.6. The van der Waals surface area contributed by atoms with Gasteiger partial charge in [-0.25, -0.2) is 0 Å². The standard InChI is InChI=1S/C11H16N4O3/c1-6-4-7-9(12-8(16)5-18-3)14-15(2)10(7)13-11(6)17/h6H,4-5H2,1-3H3,(H,13,17)(H,12,14,16)/t6-/m1/s1. The third kappa shape index (κ3) is 2.21. The fraction of sp³-hybridized carbons (Fsp3) is 0.545. The Morgan fingerprint density at radius 2 is 2.39 bits per heavy atom. The quantitative estimate of drug-likeness (QED) is 0.801. The van der Waals surface area contributed by atoms with E-state index < -0.39 is 0 Å². The summed E-state index contributed by atoms with van der Waals surface area (Å²) in [5.41, 5.74) is 0.856. The first-order valence-corrected chi connectivity index (χ1v) is 5.68. The number of hydrogen-bond donors (Lipinski definition) is 2. The number of methoxy groups -OCH3 is 1. The zero-order valence-electron chi connectivity index (χ0n) is 10.6. The second kappa shape index (κ2) is 4.77. The number of amides is 2. The molecule has 0 fully saturated rings. The van der Waals surface area contributed by atoms with Crippen LogP contribution in [0.2, 0.25) is 0 Å². The van der Waals surface area contributed by atoms with E-state index in [0.29, 0.717) is 18.1 Å². The first-order chi connectivity index (χ1) is 8.52. The molecule has 7 nitrogen and oxygen atoms in total. The summed E-state index contributed by atoms with van der Waals surface area (Å²) < 4.78 is 6.31. The summed E-state index contributed by atoms with van der Waals surface area (Å²) in [6, 6.07) is 0. The molecule has 1 aliphatic rings. The summed E-state index contributed by atoms with van der Waals surface area (Å²) in [6.07, 6.45) is 0.567. The van der Waals surface area contributed by atoms with E-state index >= 15 is 0 Å². The molecule has 1 atom stereocenters. The van der Waals surface area contributed by atoms with Crippen molar-refractivity contribution in [1.82, 2.24) is 9.78 Å². The van der Waals surface area contributed by atoms with Crippen LogP contribution in [0.15, 0.2) is 0 Å². The zero-order valence-corrected chi connectivity index (χ0v) is 10.6. The number of anilines is 2. The lowest BCUT2D eigenvalue weighted by molar-refractivity contribution is -0.120. The fourth-order valence-electron chi connectivity index (χ4n) is 1.96. The van der Waals surface area contributed by atoms with Crippen LogP contribution in [0.3, 0.4) is 0 Å². The van der Waals surface area contributed by atoms with Crippen LogP contribution in [-0.4, -0.2) is 35.3 Å². The Labute approximate surface area is 104 Å². The minimum atomic E-state index is -0.261. The summed E-state index contributed by atoms with van der Waals surface area (Å²) >= 11 is 0. The highest BCUT2D eigenvalue weighted by atomic mass is 16.5. The monoisotopic (exact) mass is 252 g/mol. The van der Waals surface area contributed by atoms with Crippen molar-refractivity contribution in [2.45, 2.75) is 13.3 Å². The first kappa shape index (κ1) is 12.6. The number of rotatable bonds is 3. The van der Waals surface area contributed by atoms with Gasteiger partial charge in [-0.2, -0.15) is 5.10 Å². The molecule has 0 aromatic carbocycles. The van der Waals surface area contributed by atoms with E-state index in [1.165, 1.54) is 7.11 Å². The molecule has 1 aromatic heterocycles. The number of carbonyl (C=O) groups is 2. The molecular weight excluding hydrogens is 236 g/mol. The number of aryl methyl sites for hydroxylation is 1. The summed E-state index contributed by atoms with van der Waals surface area (Å²) in [4.78, 5) is 23.1. The average Bonchev–Trinajstić information content (AvgIpc) is 2.57. The Bertz CT molecular complexity index is 495.